The molecule has 0 saturated carbocycles. The second-order valence-electron chi connectivity index (χ2n) is 2.94. The number of aliphatic hydroxyl groups is 1. The summed E-state index contributed by atoms with van der Waals surface area (Å²) in [6.07, 6.45) is 0.748. The maximum atomic E-state index is 11.6. The van der Waals surface area contributed by atoms with Crippen LogP contribution in [0, 0.1) is 0 Å². The van der Waals surface area contributed by atoms with Crippen LogP contribution in [0.25, 0.3) is 4.96 Å². The van der Waals surface area contributed by atoms with Crippen molar-refractivity contribution in [2.45, 2.75) is 20.0 Å². The second kappa shape index (κ2) is 3.51. The fourth-order valence-corrected chi connectivity index (χ4v) is 2.22. The van der Waals surface area contributed by atoms with Crippen molar-refractivity contribution in [3.8, 4) is 0 Å². The number of hydrogen-bond acceptors (Lipinski definition) is 4. The van der Waals surface area contributed by atoms with E-state index in [9.17, 15) is 4.79 Å². The van der Waals surface area contributed by atoms with Crippen LogP contribution in [0.3, 0.4) is 0 Å². The Labute approximate surface area is 84.5 Å². The summed E-state index contributed by atoms with van der Waals surface area (Å²) < 4.78 is 1.45. The van der Waals surface area contributed by atoms with Gasteiger partial charge >= 0.3 is 0 Å². The molecule has 14 heavy (non-hydrogen) atoms. The number of nitrogens with zero attached hydrogens (tertiary/aromatic N) is 2. The van der Waals surface area contributed by atoms with Crippen molar-refractivity contribution < 1.29 is 5.11 Å². The molecule has 5 heteroatoms. The van der Waals surface area contributed by atoms with E-state index in [0.717, 1.165) is 12.1 Å². The van der Waals surface area contributed by atoms with E-state index in [1.54, 1.807) is 5.38 Å². The number of aryl methyl sites for hydroxylation is 1. The molecule has 0 aliphatic rings. The van der Waals surface area contributed by atoms with Crippen LogP contribution in [0.15, 0.2) is 16.2 Å². The summed E-state index contributed by atoms with van der Waals surface area (Å²) in [7, 11) is 0. The summed E-state index contributed by atoms with van der Waals surface area (Å²) >= 11 is 1.37. The summed E-state index contributed by atoms with van der Waals surface area (Å²) in [5.74, 6) is 0. The zero-order valence-electron chi connectivity index (χ0n) is 7.73. The first kappa shape index (κ1) is 9.36. The van der Waals surface area contributed by atoms with E-state index < -0.39 is 0 Å². The van der Waals surface area contributed by atoms with Crippen LogP contribution in [0.2, 0.25) is 0 Å². The molecule has 0 saturated heterocycles. The van der Waals surface area contributed by atoms with Crippen molar-refractivity contribution in [1.82, 2.24) is 9.38 Å². The minimum Gasteiger partial charge on any atom is -0.390 e. The van der Waals surface area contributed by atoms with E-state index in [-0.39, 0.29) is 12.2 Å². The molecule has 74 valence electrons. The van der Waals surface area contributed by atoms with Gasteiger partial charge in [-0.15, -0.1) is 11.3 Å². The van der Waals surface area contributed by atoms with Crippen molar-refractivity contribution in [2.75, 3.05) is 0 Å². The minimum atomic E-state index is -0.132. The molecule has 1 N–H and O–H groups in total. The van der Waals surface area contributed by atoms with Crippen LogP contribution in [0.5, 0.6) is 0 Å². The average Bonchev–Trinajstić information content (AvgIpc) is 2.61. The first-order chi connectivity index (χ1) is 6.76. The first-order valence-electron chi connectivity index (χ1n) is 4.36. The van der Waals surface area contributed by atoms with Gasteiger partial charge < -0.3 is 5.11 Å². The molecule has 0 unspecified atom stereocenters. The zero-order chi connectivity index (χ0) is 10.1. The summed E-state index contributed by atoms with van der Waals surface area (Å²) in [4.78, 5) is 16.6. The number of rotatable bonds is 2. The monoisotopic (exact) mass is 210 g/mol. The smallest absolute Gasteiger partial charge is 0.259 e. The molecular weight excluding hydrogens is 200 g/mol. The summed E-state index contributed by atoms with van der Waals surface area (Å²) in [5.41, 5.74) is 1.28. The van der Waals surface area contributed by atoms with Gasteiger partial charge in [0.15, 0.2) is 4.96 Å². The van der Waals surface area contributed by atoms with Gasteiger partial charge in [0.1, 0.15) is 0 Å². The quantitative estimate of drug-likeness (QED) is 0.798. The first-order valence-corrected chi connectivity index (χ1v) is 5.24. The molecule has 0 fully saturated rings. The summed E-state index contributed by atoms with van der Waals surface area (Å²) in [5, 5.41) is 10.7. The highest BCUT2D eigenvalue weighted by atomic mass is 32.1. The van der Waals surface area contributed by atoms with Crippen LogP contribution < -0.4 is 5.56 Å². The maximum Gasteiger partial charge on any atom is 0.259 e. The Balaban J connectivity index is 2.79. The third kappa shape index (κ3) is 1.34. The van der Waals surface area contributed by atoms with Crippen LogP contribution in [-0.4, -0.2) is 14.5 Å². The van der Waals surface area contributed by atoms with Gasteiger partial charge in [0.2, 0.25) is 0 Å². The zero-order valence-corrected chi connectivity index (χ0v) is 8.54. The minimum absolute atomic E-state index is 0.114. The van der Waals surface area contributed by atoms with Crippen molar-refractivity contribution in [3.63, 3.8) is 0 Å². The Bertz CT molecular complexity index is 515. The number of thiazole rings is 1. The molecule has 2 aromatic rings. The second-order valence-corrected chi connectivity index (χ2v) is 3.78. The molecule has 0 bridgehead atoms. The van der Waals surface area contributed by atoms with Crippen LogP contribution >= 0.6 is 11.3 Å². The van der Waals surface area contributed by atoms with Crippen molar-refractivity contribution in [1.29, 1.82) is 0 Å². The molecule has 4 nitrogen and oxygen atoms in total. The Morgan fingerprint density at radius 3 is 3.07 bits per heavy atom. The topological polar surface area (TPSA) is 54.6 Å². The molecule has 2 aromatic heterocycles. The van der Waals surface area contributed by atoms with Gasteiger partial charge in [0, 0.05) is 17.1 Å². The maximum absolute atomic E-state index is 11.6. The lowest BCUT2D eigenvalue weighted by molar-refractivity contribution is 0.275. The summed E-state index contributed by atoms with van der Waals surface area (Å²) in [6, 6.07) is 1.51. The highest BCUT2D eigenvalue weighted by molar-refractivity contribution is 7.15. The number of hydrogen-bond donors (Lipinski definition) is 1. The van der Waals surface area contributed by atoms with E-state index >= 15 is 0 Å². The molecule has 0 atom stereocenters. The predicted molar refractivity (Wildman–Crippen MR) is 54.6 cm³/mol. The fraction of sp³-hybridized carbons (Fsp3) is 0.333. The Morgan fingerprint density at radius 1 is 1.64 bits per heavy atom. The van der Waals surface area contributed by atoms with Crippen molar-refractivity contribution in [2.24, 2.45) is 0 Å². The number of aromatic nitrogens is 2. The molecule has 2 rings (SSSR count). The molecular formula is C9H10N2O2S. The van der Waals surface area contributed by atoms with E-state index in [0.29, 0.717) is 10.7 Å². The lowest BCUT2D eigenvalue weighted by Crippen LogP contribution is -2.15. The number of fused-ring (bicyclic) bond motifs is 1. The van der Waals surface area contributed by atoms with Gasteiger partial charge in [-0.05, 0) is 6.42 Å². The lowest BCUT2D eigenvalue weighted by Gasteiger charge is -1.98. The predicted octanol–water partition coefficient (Wildman–Crippen LogP) is 0.811. The Hall–Kier alpha value is -1.20. The van der Waals surface area contributed by atoms with Gasteiger partial charge in [0.05, 0.1) is 12.3 Å². The van der Waals surface area contributed by atoms with Crippen LogP contribution in [0.1, 0.15) is 18.3 Å². The molecule has 2 heterocycles. The molecule has 0 aromatic carbocycles. The standard InChI is InChI=1S/C9H10N2O2S/c1-2-6-3-8(13)11-7(4-12)5-14-9(11)10-6/h3,5,12H,2,4H2,1H3. The Morgan fingerprint density at radius 2 is 2.43 bits per heavy atom. The largest absolute Gasteiger partial charge is 0.390 e. The molecule has 0 spiro atoms. The third-order valence-corrected chi connectivity index (χ3v) is 2.93. The van der Waals surface area contributed by atoms with Gasteiger partial charge in [-0.25, -0.2) is 4.98 Å². The summed E-state index contributed by atoms with van der Waals surface area (Å²) in [6.45, 7) is 1.83. The fourth-order valence-electron chi connectivity index (χ4n) is 1.31. The van der Waals surface area contributed by atoms with Gasteiger partial charge in [-0.1, -0.05) is 6.92 Å². The van der Waals surface area contributed by atoms with Crippen molar-refractivity contribution in [3.05, 3.63) is 33.2 Å². The highest BCUT2D eigenvalue weighted by Gasteiger charge is 2.06. The molecule has 0 amide bonds. The van der Waals surface area contributed by atoms with Crippen LogP contribution in [-0.2, 0) is 13.0 Å². The van der Waals surface area contributed by atoms with E-state index in [4.69, 9.17) is 5.11 Å². The molecule has 0 aliphatic carbocycles. The van der Waals surface area contributed by atoms with Gasteiger partial charge in [-0.2, -0.15) is 0 Å². The Kier molecular flexibility index (Phi) is 2.35. The van der Waals surface area contributed by atoms with E-state index in [1.807, 2.05) is 6.92 Å². The molecule has 0 aliphatic heterocycles. The lowest BCUT2D eigenvalue weighted by atomic mass is 10.3. The van der Waals surface area contributed by atoms with Crippen molar-refractivity contribution >= 4 is 16.3 Å². The molecule has 0 radical (unpaired) electrons. The third-order valence-electron chi connectivity index (χ3n) is 2.05. The number of aliphatic hydroxyl groups excluding tert-OH is 1. The van der Waals surface area contributed by atoms with Crippen LogP contribution in [0.4, 0.5) is 0 Å². The highest BCUT2D eigenvalue weighted by Crippen LogP contribution is 2.12. The van der Waals surface area contributed by atoms with Gasteiger partial charge in [0.25, 0.3) is 5.56 Å². The van der Waals surface area contributed by atoms with E-state index in [1.165, 1.54) is 21.8 Å². The SMILES string of the molecule is CCc1cc(=O)n2c(CO)csc2n1. The average molecular weight is 210 g/mol. The normalized spacial score (nSPS) is 11.0. The van der Waals surface area contributed by atoms with E-state index in [2.05, 4.69) is 4.98 Å². The van der Waals surface area contributed by atoms with Gasteiger partial charge in [-0.3, -0.25) is 9.20 Å².